The summed E-state index contributed by atoms with van der Waals surface area (Å²) < 4.78 is 13.7. The topological polar surface area (TPSA) is 58.1 Å². The third kappa shape index (κ3) is 5.11. The van der Waals surface area contributed by atoms with Gasteiger partial charge in [0.25, 0.3) is 0 Å². The van der Waals surface area contributed by atoms with Gasteiger partial charge in [0, 0.05) is 18.3 Å². The molecule has 0 atom stereocenters. The number of hydrogen-bond acceptors (Lipinski definition) is 6. The molecule has 148 valence electrons. The monoisotopic (exact) mass is 418 g/mol. The third-order valence-electron chi connectivity index (χ3n) is 4.84. The molecule has 2 aliphatic rings. The summed E-state index contributed by atoms with van der Waals surface area (Å²) >= 11 is 2.89. The standard InChI is InChI=1S/C20H23FN4OS2/c21-15-8-6-14(7-9-15)12-22-19-23-24-20(28-19)27-13-18(26)25(17-10-11-17)16-4-2-1-3-5-16/h4,6-9,17H,1-3,5,10-13H2,(H,22,23). The van der Waals surface area contributed by atoms with E-state index in [0.29, 0.717) is 23.5 Å². The molecule has 1 heterocycles. The Balaban J connectivity index is 1.29. The summed E-state index contributed by atoms with van der Waals surface area (Å²) in [5, 5.41) is 12.2. The summed E-state index contributed by atoms with van der Waals surface area (Å²) in [5.41, 5.74) is 2.19. The minimum atomic E-state index is -0.243. The molecule has 1 N–H and O–H groups in total. The van der Waals surface area contributed by atoms with Gasteiger partial charge in [-0.2, -0.15) is 0 Å². The zero-order valence-corrected chi connectivity index (χ0v) is 17.2. The highest BCUT2D eigenvalue weighted by molar-refractivity contribution is 8.01. The van der Waals surface area contributed by atoms with Crippen molar-refractivity contribution in [3.05, 3.63) is 47.4 Å². The molecule has 0 bridgehead atoms. The van der Waals surface area contributed by atoms with Gasteiger partial charge in [0.15, 0.2) is 4.34 Å². The van der Waals surface area contributed by atoms with Gasteiger partial charge in [0.2, 0.25) is 11.0 Å². The van der Waals surface area contributed by atoms with E-state index in [1.165, 1.54) is 53.8 Å². The molecule has 2 aromatic rings. The van der Waals surface area contributed by atoms with Crippen molar-refractivity contribution in [2.45, 2.75) is 55.5 Å². The maximum Gasteiger partial charge on any atom is 0.237 e. The molecule has 28 heavy (non-hydrogen) atoms. The molecule has 0 unspecified atom stereocenters. The van der Waals surface area contributed by atoms with Crippen molar-refractivity contribution < 1.29 is 9.18 Å². The summed E-state index contributed by atoms with van der Waals surface area (Å²) in [6.45, 7) is 0.558. The second-order valence-corrected chi connectivity index (χ2v) is 9.28. The van der Waals surface area contributed by atoms with E-state index < -0.39 is 0 Å². The Labute approximate surface area is 172 Å². The molecule has 0 aliphatic heterocycles. The van der Waals surface area contributed by atoms with Crippen LogP contribution in [-0.2, 0) is 11.3 Å². The number of halogens is 1. The highest BCUT2D eigenvalue weighted by Crippen LogP contribution is 2.35. The Hall–Kier alpha value is -1.93. The van der Waals surface area contributed by atoms with Crippen LogP contribution < -0.4 is 5.32 Å². The number of amides is 1. The van der Waals surface area contributed by atoms with Crippen LogP contribution in [0.2, 0.25) is 0 Å². The maximum absolute atomic E-state index is 13.0. The Morgan fingerprint density at radius 2 is 2.07 bits per heavy atom. The average Bonchev–Trinajstić information content (AvgIpc) is 3.44. The van der Waals surface area contributed by atoms with E-state index in [9.17, 15) is 9.18 Å². The van der Waals surface area contributed by atoms with Crippen LogP contribution in [0.3, 0.4) is 0 Å². The normalized spacial score (nSPS) is 16.5. The number of thioether (sulfide) groups is 1. The number of carbonyl (C=O) groups excluding carboxylic acids is 1. The fraction of sp³-hybridized carbons (Fsp3) is 0.450. The fourth-order valence-corrected chi connectivity index (χ4v) is 4.89. The Bertz CT molecular complexity index is 848. The summed E-state index contributed by atoms with van der Waals surface area (Å²) in [6.07, 6.45) is 8.97. The van der Waals surface area contributed by atoms with Crippen molar-refractivity contribution in [3.8, 4) is 0 Å². The molecule has 0 saturated heterocycles. The highest BCUT2D eigenvalue weighted by atomic mass is 32.2. The predicted octanol–water partition coefficient (Wildman–Crippen LogP) is 4.83. The number of anilines is 1. The second-order valence-electron chi connectivity index (χ2n) is 7.08. The second kappa shape index (κ2) is 9.05. The van der Waals surface area contributed by atoms with E-state index >= 15 is 0 Å². The lowest BCUT2D eigenvalue weighted by molar-refractivity contribution is -0.127. The molecule has 1 saturated carbocycles. The zero-order valence-electron chi connectivity index (χ0n) is 15.6. The molecule has 5 nitrogen and oxygen atoms in total. The van der Waals surface area contributed by atoms with Crippen molar-refractivity contribution in [1.29, 1.82) is 0 Å². The van der Waals surface area contributed by atoms with Crippen LogP contribution in [0.4, 0.5) is 9.52 Å². The van der Waals surface area contributed by atoms with Gasteiger partial charge in [-0.05, 0) is 56.2 Å². The Kier molecular flexibility index (Phi) is 6.26. The first-order valence-corrected chi connectivity index (χ1v) is 11.4. The first-order chi connectivity index (χ1) is 13.7. The van der Waals surface area contributed by atoms with Gasteiger partial charge >= 0.3 is 0 Å². The molecule has 1 aromatic carbocycles. The summed E-state index contributed by atoms with van der Waals surface area (Å²) in [7, 11) is 0. The van der Waals surface area contributed by atoms with Crippen LogP contribution in [0.15, 0.2) is 40.4 Å². The third-order valence-corrected chi connectivity index (χ3v) is 6.84. The number of aromatic nitrogens is 2. The van der Waals surface area contributed by atoms with Crippen molar-refractivity contribution in [2.75, 3.05) is 11.1 Å². The first-order valence-electron chi connectivity index (χ1n) is 9.65. The lowest BCUT2D eigenvalue weighted by Gasteiger charge is -2.27. The molecule has 4 rings (SSSR count). The summed E-state index contributed by atoms with van der Waals surface area (Å²) in [4.78, 5) is 14.9. The molecule has 0 spiro atoms. The number of hydrogen-bond donors (Lipinski definition) is 1. The number of nitrogens with zero attached hydrogens (tertiary/aromatic N) is 3. The average molecular weight is 419 g/mol. The lowest BCUT2D eigenvalue weighted by atomic mass is 10.0. The van der Waals surface area contributed by atoms with Gasteiger partial charge in [-0.25, -0.2) is 4.39 Å². The molecular formula is C20H23FN4OS2. The molecule has 2 aliphatic carbocycles. The lowest BCUT2D eigenvalue weighted by Crippen LogP contribution is -2.34. The Morgan fingerprint density at radius 3 is 2.79 bits per heavy atom. The molecule has 1 amide bonds. The maximum atomic E-state index is 13.0. The summed E-state index contributed by atoms with van der Waals surface area (Å²) in [6, 6.07) is 6.77. The number of allylic oxidation sites excluding steroid dienone is 2. The van der Waals surface area contributed by atoms with Crippen LogP contribution in [0.5, 0.6) is 0 Å². The number of nitrogens with one attached hydrogen (secondary N) is 1. The largest absolute Gasteiger partial charge is 0.356 e. The quantitative estimate of drug-likeness (QED) is 0.622. The van der Waals surface area contributed by atoms with E-state index in [4.69, 9.17) is 0 Å². The van der Waals surface area contributed by atoms with Crippen LogP contribution in [0.1, 0.15) is 44.1 Å². The van der Waals surface area contributed by atoms with Crippen molar-refractivity contribution >= 4 is 34.1 Å². The van der Waals surface area contributed by atoms with E-state index in [1.807, 2.05) is 4.90 Å². The number of rotatable bonds is 8. The zero-order chi connectivity index (χ0) is 19.3. The van der Waals surface area contributed by atoms with Crippen molar-refractivity contribution in [1.82, 2.24) is 15.1 Å². The van der Waals surface area contributed by atoms with Gasteiger partial charge in [-0.3, -0.25) is 4.79 Å². The fourth-order valence-electron chi connectivity index (χ4n) is 3.28. The van der Waals surface area contributed by atoms with Crippen molar-refractivity contribution in [2.24, 2.45) is 0 Å². The van der Waals surface area contributed by atoms with Crippen molar-refractivity contribution in [3.63, 3.8) is 0 Å². The predicted molar refractivity (Wildman–Crippen MR) is 111 cm³/mol. The van der Waals surface area contributed by atoms with Crippen LogP contribution in [0, 0.1) is 5.82 Å². The minimum absolute atomic E-state index is 0.177. The van der Waals surface area contributed by atoms with Gasteiger partial charge < -0.3 is 10.2 Å². The number of carbonyl (C=O) groups is 1. The van der Waals surface area contributed by atoms with Gasteiger partial charge in [0.1, 0.15) is 5.82 Å². The first kappa shape index (κ1) is 19.4. The molecular weight excluding hydrogens is 395 g/mol. The molecule has 8 heteroatoms. The van der Waals surface area contributed by atoms with Gasteiger partial charge in [0.05, 0.1) is 5.75 Å². The van der Waals surface area contributed by atoms with Crippen LogP contribution >= 0.6 is 23.1 Å². The summed E-state index contributed by atoms with van der Waals surface area (Å²) in [5.74, 6) is 0.324. The van der Waals surface area contributed by atoms with E-state index in [-0.39, 0.29) is 11.7 Å². The van der Waals surface area contributed by atoms with Gasteiger partial charge in [-0.15, -0.1) is 10.2 Å². The number of benzene rings is 1. The molecule has 1 aromatic heterocycles. The van der Waals surface area contributed by atoms with E-state index in [1.54, 1.807) is 12.1 Å². The smallest absolute Gasteiger partial charge is 0.237 e. The highest BCUT2D eigenvalue weighted by Gasteiger charge is 2.34. The SMILES string of the molecule is O=C(CSc1nnc(NCc2ccc(F)cc2)s1)N(C1=CCCCC1)C1CC1. The Morgan fingerprint density at radius 1 is 1.25 bits per heavy atom. The van der Waals surface area contributed by atoms with Crippen LogP contribution in [-0.4, -0.2) is 32.8 Å². The van der Waals surface area contributed by atoms with Gasteiger partial charge in [-0.1, -0.05) is 41.3 Å². The molecule has 0 radical (unpaired) electrons. The van der Waals surface area contributed by atoms with Crippen LogP contribution in [0.25, 0.3) is 0 Å². The van der Waals surface area contributed by atoms with E-state index in [2.05, 4.69) is 21.6 Å². The molecule has 1 fully saturated rings. The van der Waals surface area contributed by atoms with E-state index in [0.717, 1.165) is 35.6 Å². The minimum Gasteiger partial charge on any atom is -0.356 e.